The highest BCUT2D eigenvalue weighted by Gasteiger charge is 2.16. The number of ether oxygens (including phenoxy) is 1. The van der Waals surface area contributed by atoms with E-state index in [4.69, 9.17) is 16.3 Å². The number of aromatic nitrogens is 1. The van der Waals surface area contributed by atoms with E-state index in [0.29, 0.717) is 16.6 Å². The van der Waals surface area contributed by atoms with Crippen molar-refractivity contribution in [3.63, 3.8) is 0 Å². The van der Waals surface area contributed by atoms with Gasteiger partial charge in [-0.2, -0.15) is 0 Å². The Hall–Kier alpha value is -1.82. The third-order valence-electron chi connectivity index (χ3n) is 3.42. The van der Waals surface area contributed by atoms with Gasteiger partial charge in [0.15, 0.2) is 0 Å². The first-order chi connectivity index (χ1) is 10.7. The number of para-hydroxylation sites is 1. The third-order valence-corrected chi connectivity index (χ3v) is 4.74. The minimum Gasteiger partial charge on any atom is -0.374 e. The van der Waals surface area contributed by atoms with Gasteiger partial charge < -0.3 is 15.0 Å². The topological polar surface area (TPSA) is 54.1 Å². The lowest BCUT2D eigenvalue weighted by atomic mass is 10.2. The molecule has 0 bridgehead atoms. The maximum Gasteiger partial charge on any atom is 0.267 e. The van der Waals surface area contributed by atoms with E-state index < -0.39 is 0 Å². The van der Waals surface area contributed by atoms with E-state index in [0.717, 1.165) is 15.8 Å². The van der Waals surface area contributed by atoms with Crippen LogP contribution in [0.15, 0.2) is 42.5 Å². The fraction of sp³-hybridized carbons (Fsp3) is 0.188. The van der Waals surface area contributed by atoms with Crippen LogP contribution in [0.1, 0.15) is 21.5 Å². The standard InChI is InChI=1S/C16H15ClN2O2S/c1-21-13(14-6-7-15(17)22-14)9-18-16(20)12-8-10-4-2-3-5-11(10)19-12/h2-8,13,19H,9H2,1H3,(H,18,20). The highest BCUT2D eigenvalue weighted by Crippen LogP contribution is 2.28. The van der Waals surface area contributed by atoms with E-state index in [9.17, 15) is 4.79 Å². The van der Waals surface area contributed by atoms with E-state index >= 15 is 0 Å². The molecule has 2 heterocycles. The fourth-order valence-corrected chi connectivity index (χ4v) is 3.42. The molecule has 3 rings (SSSR count). The van der Waals surface area contributed by atoms with E-state index in [1.807, 2.05) is 42.5 Å². The van der Waals surface area contributed by atoms with Gasteiger partial charge in [-0.3, -0.25) is 4.79 Å². The van der Waals surface area contributed by atoms with Gasteiger partial charge >= 0.3 is 0 Å². The second kappa shape index (κ2) is 6.52. The Morgan fingerprint density at radius 2 is 2.18 bits per heavy atom. The number of rotatable bonds is 5. The van der Waals surface area contributed by atoms with Crippen molar-refractivity contribution in [1.82, 2.24) is 10.3 Å². The Kier molecular flexibility index (Phi) is 4.47. The molecule has 6 heteroatoms. The Morgan fingerprint density at radius 3 is 2.86 bits per heavy atom. The van der Waals surface area contributed by atoms with Gasteiger partial charge in [-0.05, 0) is 24.3 Å². The summed E-state index contributed by atoms with van der Waals surface area (Å²) in [6.45, 7) is 0.390. The Balaban J connectivity index is 1.68. The molecule has 0 radical (unpaired) electrons. The Bertz CT molecular complexity index is 763. The second-order valence-corrected chi connectivity index (χ2v) is 6.59. The van der Waals surface area contributed by atoms with Gasteiger partial charge in [0.05, 0.1) is 4.34 Å². The molecule has 0 saturated heterocycles. The number of carbonyl (C=O) groups excluding carboxylic acids is 1. The molecule has 0 aliphatic heterocycles. The van der Waals surface area contributed by atoms with Crippen LogP contribution in [0.2, 0.25) is 4.34 Å². The van der Waals surface area contributed by atoms with Crippen LogP contribution in [0, 0.1) is 0 Å². The first kappa shape index (κ1) is 15.1. The van der Waals surface area contributed by atoms with E-state index in [2.05, 4.69) is 10.3 Å². The number of fused-ring (bicyclic) bond motifs is 1. The average Bonchev–Trinajstić information content (AvgIpc) is 3.14. The summed E-state index contributed by atoms with van der Waals surface area (Å²) in [5, 5.41) is 3.90. The van der Waals surface area contributed by atoms with Gasteiger partial charge in [0, 0.05) is 29.4 Å². The molecule has 114 valence electrons. The number of aromatic amines is 1. The number of methoxy groups -OCH3 is 1. The molecule has 4 nitrogen and oxygen atoms in total. The number of hydrogen-bond acceptors (Lipinski definition) is 3. The van der Waals surface area contributed by atoms with Crippen LogP contribution in [0.25, 0.3) is 10.9 Å². The summed E-state index contributed by atoms with van der Waals surface area (Å²) in [5.74, 6) is -0.152. The zero-order valence-corrected chi connectivity index (χ0v) is 13.5. The Morgan fingerprint density at radius 1 is 1.36 bits per heavy atom. The largest absolute Gasteiger partial charge is 0.374 e. The molecule has 0 fully saturated rings. The molecular weight excluding hydrogens is 320 g/mol. The van der Waals surface area contributed by atoms with Crippen LogP contribution in [0.3, 0.4) is 0 Å². The molecule has 1 amide bonds. The molecule has 22 heavy (non-hydrogen) atoms. The predicted octanol–water partition coefficient (Wildman–Crippen LogP) is 4.00. The predicted molar refractivity (Wildman–Crippen MR) is 89.7 cm³/mol. The van der Waals surface area contributed by atoms with Crippen LogP contribution in [0.4, 0.5) is 0 Å². The number of thiophene rings is 1. The quantitative estimate of drug-likeness (QED) is 0.741. The number of H-pyrrole nitrogens is 1. The SMILES string of the molecule is COC(CNC(=O)c1cc2ccccc2[nH]1)c1ccc(Cl)s1. The van der Waals surface area contributed by atoms with Crippen molar-refractivity contribution in [2.45, 2.75) is 6.10 Å². The van der Waals surface area contributed by atoms with Gasteiger partial charge in [0.2, 0.25) is 0 Å². The zero-order chi connectivity index (χ0) is 15.5. The summed E-state index contributed by atoms with van der Waals surface area (Å²) in [5.41, 5.74) is 1.49. The van der Waals surface area contributed by atoms with E-state index in [-0.39, 0.29) is 12.0 Å². The molecule has 2 N–H and O–H groups in total. The number of nitrogens with one attached hydrogen (secondary N) is 2. The molecule has 1 unspecified atom stereocenters. The lowest BCUT2D eigenvalue weighted by molar-refractivity contribution is 0.0834. The van der Waals surface area contributed by atoms with Crippen LogP contribution in [-0.2, 0) is 4.74 Å². The number of benzene rings is 1. The molecule has 0 aliphatic carbocycles. The highest BCUT2D eigenvalue weighted by atomic mass is 35.5. The summed E-state index contributed by atoms with van der Waals surface area (Å²) in [6.07, 6.45) is -0.203. The fourth-order valence-electron chi connectivity index (χ4n) is 2.28. The monoisotopic (exact) mass is 334 g/mol. The number of halogens is 1. The van der Waals surface area contributed by atoms with Crippen molar-refractivity contribution in [2.24, 2.45) is 0 Å². The summed E-state index contributed by atoms with van der Waals surface area (Å²) >= 11 is 7.39. The second-order valence-electron chi connectivity index (χ2n) is 4.85. The number of hydrogen-bond donors (Lipinski definition) is 2. The van der Waals surface area contributed by atoms with Crippen molar-refractivity contribution >= 4 is 39.7 Å². The number of amides is 1. The summed E-state index contributed by atoms with van der Waals surface area (Å²) in [7, 11) is 1.62. The summed E-state index contributed by atoms with van der Waals surface area (Å²) in [6, 6.07) is 13.4. The molecular formula is C16H15ClN2O2S. The van der Waals surface area contributed by atoms with Crippen LogP contribution < -0.4 is 5.32 Å². The van der Waals surface area contributed by atoms with Crippen molar-refractivity contribution in [3.8, 4) is 0 Å². The van der Waals surface area contributed by atoms with Gasteiger partial charge in [0.1, 0.15) is 11.8 Å². The van der Waals surface area contributed by atoms with Crippen LogP contribution in [-0.4, -0.2) is 24.5 Å². The molecule has 1 aromatic carbocycles. The maximum atomic E-state index is 12.3. The maximum absolute atomic E-state index is 12.3. The van der Waals surface area contributed by atoms with Crippen molar-refractivity contribution < 1.29 is 9.53 Å². The smallest absolute Gasteiger partial charge is 0.267 e. The first-order valence-electron chi connectivity index (χ1n) is 6.81. The molecule has 0 spiro atoms. The van der Waals surface area contributed by atoms with E-state index in [1.54, 1.807) is 7.11 Å². The summed E-state index contributed by atoms with van der Waals surface area (Å²) in [4.78, 5) is 16.4. The van der Waals surface area contributed by atoms with Gasteiger partial charge in [-0.1, -0.05) is 29.8 Å². The van der Waals surface area contributed by atoms with Crippen LogP contribution >= 0.6 is 22.9 Å². The van der Waals surface area contributed by atoms with Gasteiger partial charge in [-0.25, -0.2) is 0 Å². The lowest BCUT2D eigenvalue weighted by Gasteiger charge is -2.14. The normalized spacial score (nSPS) is 12.5. The highest BCUT2D eigenvalue weighted by molar-refractivity contribution is 7.16. The van der Waals surface area contributed by atoms with Gasteiger partial charge in [0.25, 0.3) is 5.91 Å². The number of carbonyl (C=O) groups is 1. The lowest BCUT2D eigenvalue weighted by Crippen LogP contribution is -2.29. The van der Waals surface area contributed by atoms with Crippen LogP contribution in [0.5, 0.6) is 0 Å². The van der Waals surface area contributed by atoms with Crippen molar-refractivity contribution in [2.75, 3.05) is 13.7 Å². The Labute approximate surface area is 137 Å². The van der Waals surface area contributed by atoms with Crippen molar-refractivity contribution in [3.05, 3.63) is 57.4 Å². The minimum atomic E-state index is -0.203. The summed E-state index contributed by atoms with van der Waals surface area (Å²) < 4.78 is 6.13. The average molecular weight is 335 g/mol. The first-order valence-corrected chi connectivity index (χ1v) is 8.01. The zero-order valence-electron chi connectivity index (χ0n) is 11.9. The molecule has 0 aliphatic rings. The molecule has 0 saturated carbocycles. The molecule has 3 aromatic rings. The van der Waals surface area contributed by atoms with Crippen molar-refractivity contribution in [1.29, 1.82) is 0 Å². The molecule has 1 atom stereocenters. The van der Waals surface area contributed by atoms with E-state index in [1.165, 1.54) is 11.3 Å². The minimum absolute atomic E-state index is 0.152. The van der Waals surface area contributed by atoms with Gasteiger partial charge in [-0.15, -0.1) is 11.3 Å². The molecule has 2 aromatic heterocycles. The third kappa shape index (κ3) is 3.16.